The number of carbonyl (C=O) groups excluding carboxylic acids is 1. The number of amides is 2. The molecule has 32 heavy (non-hydrogen) atoms. The number of hydrogen-bond donors (Lipinski definition) is 2. The first-order chi connectivity index (χ1) is 15.3. The summed E-state index contributed by atoms with van der Waals surface area (Å²) in [5.74, 6) is 0.272. The van der Waals surface area contributed by atoms with Gasteiger partial charge in [0.1, 0.15) is 6.54 Å². The van der Waals surface area contributed by atoms with Gasteiger partial charge >= 0.3 is 12.2 Å². The van der Waals surface area contributed by atoms with Crippen molar-refractivity contribution in [2.75, 3.05) is 25.1 Å². The number of aromatic nitrogens is 4. The fraction of sp³-hybridized carbons (Fsp3) is 0.333. The minimum absolute atomic E-state index is 0.110. The summed E-state index contributed by atoms with van der Waals surface area (Å²) in [7, 11) is 0. The highest BCUT2D eigenvalue weighted by molar-refractivity contribution is 5.90. The Morgan fingerprint density at radius 1 is 1.22 bits per heavy atom. The number of rotatable bonds is 5. The summed E-state index contributed by atoms with van der Waals surface area (Å²) in [6.07, 6.45) is -0.606. The van der Waals surface area contributed by atoms with Crippen molar-refractivity contribution in [3.05, 3.63) is 42.2 Å². The highest BCUT2D eigenvalue weighted by Crippen LogP contribution is 2.30. The van der Waals surface area contributed by atoms with E-state index in [9.17, 15) is 18.0 Å². The van der Waals surface area contributed by atoms with E-state index in [1.807, 2.05) is 13.0 Å². The van der Waals surface area contributed by atoms with Crippen LogP contribution >= 0.6 is 0 Å². The molecule has 1 aromatic carbocycles. The average Bonchev–Trinajstić information content (AvgIpc) is 3.15. The van der Waals surface area contributed by atoms with Crippen LogP contribution in [0.2, 0.25) is 0 Å². The predicted molar refractivity (Wildman–Crippen MR) is 113 cm³/mol. The molecular weight excluding hydrogens is 425 g/mol. The molecular formula is C21H21F3N6O2. The van der Waals surface area contributed by atoms with E-state index in [2.05, 4.69) is 25.7 Å². The summed E-state index contributed by atoms with van der Waals surface area (Å²) >= 11 is 0. The van der Waals surface area contributed by atoms with Gasteiger partial charge in [-0.25, -0.2) is 19.4 Å². The summed E-state index contributed by atoms with van der Waals surface area (Å²) in [5, 5.41) is 9.70. The SMILES string of the molecule is CCNC(=O)Nc1ccc(-c2nc(C3=CCOCC3)c3cnn(CC(F)(F)F)c3n2)cc1. The van der Waals surface area contributed by atoms with Crippen molar-refractivity contribution in [2.45, 2.75) is 26.1 Å². The van der Waals surface area contributed by atoms with Crippen molar-refractivity contribution in [2.24, 2.45) is 0 Å². The fourth-order valence-electron chi connectivity index (χ4n) is 3.40. The third kappa shape index (κ3) is 4.88. The van der Waals surface area contributed by atoms with E-state index >= 15 is 0 Å². The number of alkyl halides is 3. The Morgan fingerprint density at radius 2 is 2.00 bits per heavy atom. The number of nitrogens with zero attached hydrogens (tertiary/aromatic N) is 4. The van der Waals surface area contributed by atoms with Gasteiger partial charge in [0, 0.05) is 17.8 Å². The molecule has 0 unspecified atom stereocenters. The average molecular weight is 446 g/mol. The molecule has 11 heteroatoms. The van der Waals surface area contributed by atoms with Crippen LogP contribution in [0, 0.1) is 0 Å². The van der Waals surface area contributed by atoms with Crippen molar-refractivity contribution < 1.29 is 22.7 Å². The number of carbonyl (C=O) groups is 1. The summed E-state index contributed by atoms with van der Waals surface area (Å²) in [6, 6.07) is 6.43. The van der Waals surface area contributed by atoms with Crippen molar-refractivity contribution in [3.63, 3.8) is 0 Å². The molecule has 1 aliphatic rings. The van der Waals surface area contributed by atoms with E-state index in [-0.39, 0.29) is 17.5 Å². The monoisotopic (exact) mass is 446 g/mol. The van der Waals surface area contributed by atoms with Crippen molar-refractivity contribution in [1.29, 1.82) is 0 Å². The summed E-state index contributed by atoms with van der Waals surface area (Å²) in [6.45, 7) is 1.97. The molecule has 0 saturated heterocycles. The van der Waals surface area contributed by atoms with Crippen LogP contribution in [0.4, 0.5) is 23.7 Å². The van der Waals surface area contributed by atoms with Crippen LogP contribution in [-0.4, -0.2) is 51.7 Å². The van der Waals surface area contributed by atoms with Crippen LogP contribution in [0.15, 0.2) is 36.5 Å². The third-order valence-electron chi connectivity index (χ3n) is 4.83. The highest BCUT2D eigenvalue weighted by atomic mass is 19.4. The van der Waals surface area contributed by atoms with Crippen LogP contribution in [0.3, 0.4) is 0 Å². The van der Waals surface area contributed by atoms with Gasteiger partial charge in [0.25, 0.3) is 0 Å². The van der Waals surface area contributed by atoms with Gasteiger partial charge in [-0.2, -0.15) is 18.3 Å². The first kappa shape index (κ1) is 21.8. The van der Waals surface area contributed by atoms with Crippen molar-refractivity contribution in [3.8, 4) is 11.4 Å². The molecule has 3 aromatic rings. The Kier molecular flexibility index (Phi) is 6.08. The molecule has 4 rings (SSSR count). The Bertz CT molecular complexity index is 1150. The maximum absolute atomic E-state index is 13.1. The van der Waals surface area contributed by atoms with Gasteiger partial charge in [0.2, 0.25) is 0 Å². The molecule has 8 nitrogen and oxygen atoms in total. The minimum atomic E-state index is -4.44. The molecule has 168 valence electrons. The molecule has 2 amide bonds. The lowest BCUT2D eigenvalue weighted by Gasteiger charge is -2.15. The molecule has 0 atom stereocenters. The number of nitrogens with one attached hydrogen (secondary N) is 2. The van der Waals surface area contributed by atoms with Crippen LogP contribution < -0.4 is 10.6 Å². The van der Waals surface area contributed by atoms with Crippen LogP contribution in [0.1, 0.15) is 19.0 Å². The van der Waals surface area contributed by atoms with Crippen LogP contribution in [0.5, 0.6) is 0 Å². The second kappa shape index (κ2) is 8.95. The van der Waals surface area contributed by atoms with E-state index in [0.717, 1.165) is 10.3 Å². The maximum atomic E-state index is 13.1. The first-order valence-electron chi connectivity index (χ1n) is 10.1. The summed E-state index contributed by atoms with van der Waals surface area (Å²) < 4.78 is 45.4. The number of hydrogen-bond acceptors (Lipinski definition) is 5. The molecule has 0 radical (unpaired) electrons. The molecule has 2 N–H and O–H groups in total. The molecule has 0 aliphatic carbocycles. The van der Waals surface area contributed by atoms with Gasteiger partial charge in [-0.3, -0.25) is 0 Å². The van der Waals surface area contributed by atoms with Gasteiger partial charge in [-0.1, -0.05) is 6.08 Å². The molecule has 0 fully saturated rings. The zero-order valence-electron chi connectivity index (χ0n) is 17.2. The van der Waals surface area contributed by atoms with E-state index in [1.54, 1.807) is 24.3 Å². The summed E-state index contributed by atoms with van der Waals surface area (Å²) in [4.78, 5) is 20.7. The molecule has 0 spiro atoms. The van der Waals surface area contributed by atoms with Gasteiger partial charge in [0.15, 0.2) is 11.5 Å². The number of benzene rings is 1. The number of urea groups is 1. The van der Waals surface area contributed by atoms with Gasteiger partial charge in [-0.05, 0) is 43.2 Å². The largest absolute Gasteiger partial charge is 0.408 e. The maximum Gasteiger partial charge on any atom is 0.408 e. The Labute approximate surface area is 181 Å². The van der Waals surface area contributed by atoms with Crippen LogP contribution in [-0.2, 0) is 11.3 Å². The second-order valence-corrected chi connectivity index (χ2v) is 7.17. The highest BCUT2D eigenvalue weighted by Gasteiger charge is 2.30. The molecule has 0 bridgehead atoms. The van der Waals surface area contributed by atoms with Crippen LogP contribution in [0.25, 0.3) is 28.0 Å². The van der Waals surface area contributed by atoms with E-state index < -0.39 is 12.7 Å². The minimum Gasteiger partial charge on any atom is -0.377 e. The quantitative estimate of drug-likeness (QED) is 0.618. The van der Waals surface area contributed by atoms with Crippen molar-refractivity contribution in [1.82, 2.24) is 25.1 Å². The number of halogens is 3. The molecule has 0 saturated carbocycles. The summed E-state index contributed by atoms with van der Waals surface area (Å²) in [5.41, 5.74) is 2.70. The Hall–Kier alpha value is -3.47. The molecule has 1 aliphatic heterocycles. The molecule has 2 aromatic heterocycles. The third-order valence-corrected chi connectivity index (χ3v) is 4.83. The van der Waals surface area contributed by atoms with Crippen molar-refractivity contribution >= 4 is 28.3 Å². The fourth-order valence-corrected chi connectivity index (χ4v) is 3.40. The first-order valence-corrected chi connectivity index (χ1v) is 10.1. The predicted octanol–water partition coefficient (Wildman–Crippen LogP) is 4.00. The zero-order valence-corrected chi connectivity index (χ0v) is 17.2. The van der Waals surface area contributed by atoms with E-state index in [0.29, 0.717) is 48.5 Å². The molecule has 3 heterocycles. The standard InChI is InChI=1S/C21H21F3N6O2/c1-2-25-20(31)27-15-5-3-14(4-6-15)18-28-17(13-7-9-32-10-8-13)16-11-26-30(19(16)29-18)12-21(22,23)24/h3-7,11H,2,8-10,12H2,1H3,(H2,25,27,31). The number of ether oxygens (including phenoxy) is 1. The van der Waals surface area contributed by atoms with E-state index in [4.69, 9.17) is 4.74 Å². The number of anilines is 1. The number of fused-ring (bicyclic) bond motifs is 1. The lowest BCUT2D eigenvalue weighted by Crippen LogP contribution is -2.28. The van der Waals surface area contributed by atoms with Gasteiger partial charge in [-0.15, -0.1) is 0 Å². The zero-order chi connectivity index (χ0) is 22.7. The Morgan fingerprint density at radius 3 is 2.66 bits per heavy atom. The van der Waals surface area contributed by atoms with E-state index in [1.165, 1.54) is 6.20 Å². The lowest BCUT2D eigenvalue weighted by atomic mass is 10.0. The smallest absolute Gasteiger partial charge is 0.377 e. The lowest BCUT2D eigenvalue weighted by molar-refractivity contribution is -0.141. The van der Waals surface area contributed by atoms with Gasteiger partial charge in [0.05, 0.1) is 30.5 Å². The second-order valence-electron chi connectivity index (χ2n) is 7.17. The Balaban J connectivity index is 1.76. The normalized spacial score (nSPS) is 14.3. The topological polar surface area (TPSA) is 94.0 Å². The van der Waals surface area contributed by atoms with Gasteiger partial charge < -0.3 is 15.4 Å².